The largest absolute Gasteiger partial charge is 0.478 e. The first kappa shape index (κ1) is 14.5. The van der Waals surface area contributed by atoms with Crippen molar-refractivity contribution < 1.29 is 23.7 Å². The fourth-order valence-corrected chi connectivity index (χ4v) is 1.86. The van der Waals surface area contributed by atoms with E-state index in [-0.39, 0.29) is 23.5 Å². The Morgan fingerprint density at radius 3 is 2.96 bits per heavy atom. The highest BCUT2D eigenvalue weighted by atomic mass is 16.5. The molecule has 0 saturated heterocycles. The number of carboxylic acid groups (broad SMARTS) is 1. The fourth-order valence-electron chi connectivity index (χ4n) is 1.86. The van der Waals surface area contributed by atoms with Crippen molar-refractivity contribution in [3.63, 3.8) is 0 Å². The number of nitrogens with zero attached hydrogens (tertiary/aromatic N) is 4. The Bertz CT molecular complexity index is 820. The van der Waals surface area contributed by atoms with Crippen LogP contribution in [0.5, 0.6) is 0 Å². The van der Waals surface area contributed by atoms with Crippen LogP contribution in [0.2, 0.25) is 0 Å². The number of carbonyl (C=O) groups excluding carboxylic acids is 1. The molecule has 0 aliphatic heterocycles. The molecule has 0 saturated carbocycles. The Balaban J connectivity index is 1.61. The summed E-state index contributed by atoms with van der Waals surface area (Å²) in [5.41, 5.74) is 0.0865. The van der Waals surface area contributed by atoms with Gasteiger partial charge in [0.15, 0.2) is 11.5 Å². The number of nitrogens with one attached hydrogen (secondary N) is 1. The third kappa shape index (κ3) is 3.26. The maximum atomic E-state index is 12.0. The first-order chi connectivity index (χ1) is 11.1. The molecule has 118 valence electrons. The summed E-state index contributed by atoms with van der Waals surface area (Å²) in [6.07, 6.45) is 4.38. The molecule has 0 aliphatic rings. The average molecular weight is 317 g/mol. The lowest BCUT2D eigenvalue weighted by molar-refractivity contribution is 0.0693. The summed E-state index contributed by atoms with van der Waals surface area (Å²) in [6, 6.07) is 3.25. The Hall–Kier alpha value is -3.43. The van der Waals surface area contributed by atoms with E-state index in [2.05, 4.69) is 25.3 Å². The van der Waals surface area contributed by atoms with Crippen molar-refractivity contribution in [2.45, 2.75) is 13.1 Å². The zero-order valence-electron chi connectivity index (χ0n) is 11.7. The van der Waals surface area contributed by atoms with Crippen LogP contribution in [0.4, 0.5) is 0 Å². The Labute approximate surface area is 128 Å². The molecule has 0 spiro atoms. The summed E-state index contributed by atoms with van der Waals surface area (Å²) in [7, 11) is 0. The van der Waals surface area contributed by atoms with Gasteiger partial charge in [0.2, 0.25) is 0 Å². The molecule has 3 aromatic heterocycles. The van der Waals surface area contributed by atoms with Crippen molar-refractivity contribution >= 4 is 11.9 Å². The Kier molecular flexibility index (Phi) is 3.87. The fraction of sp³-hybridized carbons (Fsp3) is 0.154. The monoisotopic (exact) mass is 317 g/mol. The van der Waals surface area contributed by atoms with E-state index in [9.17, 15) is 9.59 Å². The molecule has 0 fully saturated rings. The maximum absolute atomic E-state index is 12.0. The highest BCUT2D eigenvalue weighted by Gasteiger charge is 2.17. The molecule has 10 heteroatoms. The van der Waals surface area contributed by atoms with E-state index in [1.165, 1.54) is 6.07 Å². The van der Waals surface area contributed by atoms with E-state index in [1.807, 2.05) is 0 Å². The van der Waals surface area contributed by atoms with Crippen LogP contribution < -0.4 is 5.32 Å². The van der Waals surface area contributed by atoms with E-state index in [0.717, 1.165) is 6.26 Å². The van der Waals surface area contributed by atoms with Gasteiger partial charge in [-0.15, -0.1) is 0 Å². The standard InChI is InChI=1S/C13H11N5O5/c19-12(14-5-11-9(13(20)21)7-22-16-11)10-4-8(23-17-10)6-18-3-1-2-15-18/h1-4,7H,5-6H2,(H,14,19)(H,20,21). The molecule has 3 heterocycles. The minimum atomic E-state index is -1.18. The molecule has 0 unspecified atom stereocenters. The van der Waals surface area contributed by atoms with Gasteiger partial charge in [-0.3, -0.25) is 9.48 Å². The van der Waals surface area contributed by atoms with Gasteiger partial charge in [0.25, 0.3) is 5.91 Å². The van der Waals surface area contributed by atoms with Gasteiger partial charge < -0.3 is 19.5 Å². The van der Waals surface area contributed by atoms with Gasteiger partial charge >= 0.3 is 5.97 Å². The zero-order chi connectivity index (χ0) is 16.2. The van der Waals surface area contributed by atoms with E-state index in [4.69, 9.17) is 9.63 Å². The lowest BCUT2D eigenvalue weighted by Gasteiger charge is -1.99. The molecule has 0 aliphatic carbocycles. The number of hydrogen-bond donors (Lipinski definition) is 2. The van der Waals surface area contributed by atoms with Crippen molar-refractivity contribution in [3.05, 3.63) is 53.5 Å². The van der Waals surface area contributed by atoms with Crippen LogP contribution in [0.15, 0.2) is 39.8 Å². The molecule has 3 aromatic rings. The second-order valence-corrected chi connectivity index (χ2v) is 4.54. The Morgan fingerprint density at radius 2 is 2.22 bits per heavy atom. The first-order valence-electron chi connectivity index (χ1n) is 6.51. The van der Waals surface area contributed by atoms with Gasteiger partial charge in [-0.25, -0.2) is 4.79 Å². The summed E-state index contributed by atoms with van der Waals surface area (Å²) in [6.45, 7) is 0.248. The van der Waals surface area contributed by atoms with Crippen molar-refractivity contribution in [3.8, 4) is 0 Å². The molecule has 10 nitrogen and oxygen atoms in total. The molecule has 0 radical (unpaired) electrons. The predicted octanol–water partition coefficient (Wildman–Crippen LogP) is 0.536. The topological polar surface area (TPSA) is 136 Å². The SMILES string of the molecule is O=C(NCc1nocc1C(=O)O)c1cc(Cn2cccn2)on1. The van der Waals surface area contributed by atoms with Crippen molar-refractivity contribution in [2.75, 3.05) is 0 Å². The lowest BCUT2D eigenvalue weighted by atomic mass is 10.2. The van der Waals surface area contributed by atoms with Gasteiger partial charge in [-0.05, 0) is 6.07 Å². The summed E-state index contributed by atoms with van der Waals surface area (Å²) < 4.78 is 11.3. The summed E-state index contributed by atoms with van der Waals surface area (Å²) in [5, 5.41) is 22.6. The van der Waals surface area contributed by atoms with Gasteiger partial charge in [-0.1, -0.05) is 10.3 Å². The molecular formula is C13H11N5O5. The minimum Gasteiger partial charge on any atom is -0.478 e. The van der Waals surface area contributed by atoms with Crippen molar-refractivity contribution in [2.24, 2.45) is 0 Å². The van der Waals surface area contributed by atoms with Crippen molar-refractivity contribution in [1.29, 1.82) is 0 Å². The lowest BCUT2D eigenvalue weighted by Crippen LogP contribution is -2.24. The van der Waals surface area contributed by atoms with Gasteiger partial charge in [0, 0.05) is 18.5 Å². The Morgan fingerprint density at radius 1 is 1.35 bits per heavy atom. The molecule has 0 bridgehead atoms. The number of aromatic carboxylic acids is 1. The van der Waals surface area contributed by atoms with Gasteiger partial charge in [-0.2, -0.15) is 5.10 Å². The smallest absolute Gasteiger partial charge is 0.341 e. The van der Waals surface area contributed by atoms with E-state index >= 15 is 0 Å². The van der Waals surface area contributed by atoms with Crippen LogP contribution in [0.3, 0.4) is 0 Å². The average Bonchev–Trinajstić information content (AvgIpc) is 3.26. The zero-order valence-corrected chi connectivity index (χ0v) is 11.7. The normalized spacial score (nSPS) is 10.6. The van der Waals surface area contributed by atoms with Crippen LogP contribution in [-0.2, 0) is 13.1 Å². The van der Waals surface area contributed by atoms with Gasteiger partial charge in [0.1, 0.15) is 24.1 Å². The molecule has 1 amide bonds. The summed E-state index contributed by atoms with van der Waals surface area (Å²) >= 11 is 0. The number of carbonyl (C=O) groups is 2. The quantitative estimate of drug-likeness (QED) is 0.672. The molecular weight excluding hydrogens is 306 g/mol. The summed E-state index contributed by atoms with van der Waals surface area (Å²) in [4.78, 5) is 22.9. The van der Waals surface area contributed by atoms with Crippen LogP contribution in [0.1, 0.15) is 32.3 Å². The summed E-state index contributed by atoms with van der Waals surface area (Å²) in [5.74, 6) is -1.23. The predicted molar refractivity (Wildman–Crippen MR) is 72.5 cm³/mol. The first-order valence-corrected chi connectivity index (χ1v) is 6.51. The second-order valence-electron chi connectivity index (χ2n) is 4.54. The second kappa shape index (κ2) is 6.13. The van der Waals surface area contributed by atoms with Crippen LogP contribution >= 0.6 is 0 Å². The van der Waals surface area contributed by atoms with E-state index < -0.39 is 11.9 Å². The van der Waals surface area contributed by atoms with Crippen LogP contribution in [0.25, 0.3) is 0 Å². The molecule has 0 aromatic carbocycles. The number of rotatable bonds is 6. The number of carboxylic acids is 1. The third-order valence-corrected chi connectivity index (χ3v) is 2.96. The van der Waals surface area contributed by atoms with Crippen molar-refractivity contribution in [1.82, 2.24) is 25.4 Å². The minimum absolute atomic E-state index is 0.0764. The number of hydrogen-bond acceptors (Lipinski definition) is 7. The van der Waals surface area contributed by atoms with E-state index in [0.29, 0.717) is 12.3 Å². The van der Waals surface area contributed by atoms with Gasteiger partial charge in [0.05, 0.1) is 6.54 Å². The molecule has 3 rings (SSSR count). The van der Waals surface area contributed by atoms with Crippen LogP contribution in [0, 0.1) is 0 Å². The number of amides is 1. The van der Waals surface area contributed by atoms with E-state index in [1.54, 1.807) is 23.1 Å². The molecule has 23 heavy (non-hydrogen) atoms. The third-order valence-electron chi connectivity index (χ3n) is 2.96. The highest BCUT2D eigenvalue weighted by molar-refractivity contribution is 5.92. The molecule has 0 atom stereocenters. The maximum Gasteiger partial charge on any atom is 0.341 e. The van der Waals surface area contributed by atoms with Crippen LogP contribution in [-0.4, -0.2) is 37.1 Å². The number of aromatic nitrogens is 4. The highest BCUT2D eigenvalue weighted by Crippen LogP contribution is 2.08. The molecule has 2 N–H and O–H groups in total.